The summed E-state index contributed by atoms with van der Waals surface area (Å²) in [5, 5.41) is 0. The molecule has 0 saturated heterocycles. The van der Waals surface area contributed by atoms with Crippen LogP contribution in [0.15, 0.2) is 12.2 Å². The van der Waals surface area contributed by atoms with Gasteiger partial charge in [0.15, 0.2) is 6.10 Å². The molecule has 0 spiro atoms. The number of carbonyl (C=O) groups is 1. The van der Waals surface area contributed by atoms with Crippen molar-refractivity contribution in [2.24, 2.45) is 0 Å². The standard InChI is InChI=1S/C8H11Cl3O2/c1-3-4-5-7(8(9,10)11)13-6(2)12/h4-5,7H,3H2,1-2H3/b5-4+. The molecule has 1 atom stereocenters. The number of ether oxygens (including phenoxy) is 1. The van der Waals surface area contributed by atoms with Crippen LogP contribution in [0.5, 0.6) is 0 Å². The Morgan fingerprint density at radius 2 is 2.08 bits per heavy atom. The Bertz CT molecular complexity index is 196. The molecular formula is C8H11Cl3O2. The maximum atomic E-state index is 10.6. The summed E-state index contributed by atoms with van der Waals surface area (Å²) in [7, 11) is 0. The third-order valence-corrected chi connectivity index (χ3v) is 1.81. The van der Waals surface area contributed by atoms with Crippen molar-refractivity contribution in [3.8, 4) is 0 Å². The van der Waals surface area contributed by atoms with E-state index in [-0.39, 0.29) is 0 Å². The number of carbonyl (C=O) groups excluding carboxylic acids is 1. The van der Waals surface area contributed by atoms with Crippen LogP contribution in [-0.2, 0) is 9.53 Å². The van der Waals surface area contributed by atoms with Crippen molar-refractivity contribution in [2.75, 3.05) is 0 Å². The summed E-state index contributed by atoms with van der Waals surface area (Å²) in [5.74, 6) is -0.475. The first kappa shape index (κ1) is 13.1. The summed E-state index contributed by atoms with van der Waals surface area (Å²) in [5.41, 5.74) is 0. The first-order valence-corrected chi connectivity index (χ1v) is 4.92. The Morgan fingerprint density at radius 1 is 1.54 bits per heavy atom. The molecule has 0 rings (SSSR count). The zero-order valence-corrected chi connectivity index (χ0v) is 9.66. The fourth-order valence-electron chi connectivity index (χ4n) is 0.654. The highest BCUT2D eigenvalue weighted by Gasteiger charge is 2.33. The molecule has 0 aliphatic heterocycles. The zero-order valence-electron chi connectivity index (χ0n) is 7.39. The molecule has 0 bridgehead atoms. The van der Waals surface area contributed by atoms with Crippen LogP contribution in [-0.4, -0.2) is 15.9 Å². The number of hydrogen-bond donors (Lipinski definition) is 0. The minimum Gasteiger partial charge on any atom is -0.454 e. The predicted octanol–water partition coefficient (Wildman–Crippen LogP) is 3.25. The van der Waals surface area contributed by atoms with Crippen LogP contribution in [0, 0.1) is 0 Å². The molecule has 2 nitrogen and oxygen atoms in total. The van der Waals surface area contributed by atoms with E-state index in [1.54, 1.807) is 12.2 Å². The second-order valence-electron chi connectivity index (χ2n) is 2.41. The van der Waals surface area contributed by atoms with Crippen LogP contribution in [0.2, 0.25) is 0 Å². The van der Waals surface area contributed by atoms with Gasteiger partial charge in [-0.1, -0.05) is 47.8 Å². The normalized spacial score (nSPS) is 14.5. The summed E-state index contributed by atoms with van der Waals surface area (Å²) in [6.07, 6.45) is 3.30. The van der Waals surface area contributed by atoms with E-state index in [0.29, 0.717) is 0 Å². The first-order valence-electron chi connectivity index (χ1n) is 3.78. The van der Waals surface area contributed by atoms with Crippen molar-refractivity contribution < 1.29 is 9.53 Å². The smallest absolute Gasteiger partial charge is 0.303 e. The molecular weight excluding hydrogens is 234 g/mol. The maximum absolute atomic E-state index is 10.6. The van der Waals surface area contributed by atoms with Gasteiger partial charge >= 0.3 is 5.97 Å². The Labute approximate surface area is 92.8 Å². The van der Waals surface area contributed by atoms with E-state index < -0.39 is 15.9 Å². The SMILES string of the molecule is CC/C=C/C(OC(C)=O)C(Cl)(Cl)Cl. The lowest BCUT2D eigenvalue weighted by Gasteiger charge is -2.20. The van der Waals surface area contributed by atoms with Gasteiger partial charge in [0.05, 0.1) is 0 Å². The van der Waals surface area contributed by atoms with Crippen molar-refractivity contribution in [3.63, 3.8) is 0 Å². The van der Waals surface area contributed by atoms with Crippen LogP contribution >= 0.6 is 34.8 Å². The second kappa shape index (κ2) is 5.74. The number of allylic oxidation sites excluding steroid dienone is 1. The molecule has 0 N–H and O–H groups in total. The van der Waals surface area contributed by atoms with E-state index in [9.17, 15) is 4.79 Å². The van der Waals surface area contributed by atoms with E-state index >= 15 is 0 Å². The van der Waals surface area contributed by atoms with Gasteiger partial charge in [-0.25, -0.2) is 0 Å². The molecule has 76 valence electrons. The highest BCUT2D eigenvalue weighted by molar-refractivity contribution is 6.68. The lowest BCUT2D eigenvalue weighted by Crippen LogP contribution is -2.28. The Hall–Kier alpha value is 0.0800. The summed E-state index contributed by atoms with van der Waals surface area (Å²) < 4.78 is 3.18. The van der Waals surface area contributed by atoms with Gasteiger partial charge in [0, 0.05) is 6.92 Å². The second-order valence-corrected chi connectivity index (χ2v) is 4.78. The van der Waals surface area contributed by atoms with Crippen molar-refractivity contribution in [3.05, 3.63) is 12.2 Å². The van der Waals surface area contributed by atoms with E-state index in [1.165, 1.54) is 6.92 Å². The van der Waals surface area contributed by atoms with Gasteiger partial charge in [-0.15, -0.1) is 0 Å². The van der Waals surface area contributed by atoms with Gasteiger partial charge in [-0.05, 0) is 12.5 Å². The fraction of sp³-hybridized carbons (Fsp3) is 0.625. The van der Waals surface area contributed by atoms with Crippen molar-refractivity contribution in [1.82, 2.24) is 0 Å². The molecule has 0 amide bonds. The quantitative estimate of drug-likeness (QED) is 0.433. The van der Waals surface area contributed by atoms with Crippen LogP contribution in [0.3, 0.4) is 0 Å². The van der Waals surface area contributed by atoms with Gasteiger partial charge in [0.25, 0.3) is 0 Å². The summed E-state index contributed by atoms with van der Waals surface area (Å²) in [6, 6.07) is 0. The molecule has 0 fully saturated rings. The third kappa shape index (κ3) is 6.19. The number of rotatable bonds is 3. The maximum Gasteiger partial charge on any atom is 0.303 e. The van der Waals surface area contributed by atoms with Gasteiger partial charge < -0.3 is 4.74 Å². The predicted molar refractivity (Wildman–Crippen MR) is 55.3 cm³/mol. The minimum atomic E-state index is -1.61. The molecule has 0 radical (unpaired) electrons. The highest BCUT2D eigenvalue weighted by Crippen LogP contribution is 2.33. The third-order valence-electron chi connectivity index (χ3n) is 1.16. The average Bonchev–Trinajstić information content (AvgIpc) is 1.95. The largest absolute Gasteiger partial charge is 0.454 e. The molecule has 0 aromatic carbocycles. The monoisotopic (exact) mass is 244 g/mol. The Morgan fingerprint density at radius 3 is 2.38 bits per heavy atom. The van der Waals surface area contributed by atoms with Gasteiger partial charge in [-0.2, -0.15) is 0 Å². The summed E-state index contributed by atoms with van der Waals surface area (Å²) in [4.78, 5) is 10.6. The van der Waals surface area contributed by atoms with Crippen LogP contribution in [0.1, 0.15) is 20.3 Å². The Balaban J connectivity index is 4.37. The molecule has 1 unspecified atom stereocenters. The molecule has 5 heteroatoms. The lowest BCUT2D eigenvalue weighted by molar-refractivity contribution is -0.143. The van der Waals surface area contributed by atoms with E-state index in [1.807, 2.05) is 6.92 Å². The molecule has 0 saturated carbocycles. The fourth-order valence-corrected chi connectivity index (χ4v) is 1.01. The van der Waals surface area contributed by atoms with Gasteiger partial charge in [-0.3, -0.25) is 4.79 Å². The topological polar surface area (TPSA) is 26.3 Å². The lowest BCUT2D eigenvalue weighted by atomic mass is 10.3. The molecule has 0 aliphatic carbocycles. The van der Waals surface area contributed by atoms with Crippen LogP contribution in [0.4, 0.5) is 0 Å². The van der Waals surface area contributed by atoms with Crippen molar-refractivity contribution >= 4 is 40.8 Å². The van der Waals surface area contributed by atoms with E-state index in [0.717, 1.165) is 6.42 Å². The van der Waals surface area contributed by atoms with Gasteiger partial charge in [0.2, 0.25) is 3.79 Å². The van der Waals surface area contributed by atoms with Gasteiger partial charge in [0.1, 0.15) is 0 Å². The molecule has 13 heavy (non-hydrogen) atoms. The van der Waals surface area contributed by atoms with Crippen molar-refractivity contribution in [2.45, 2.75) is 30.2 Å². The molecule has 0 aliphatic rings. The summed E-state index contributed by atoms with van der Waals surface area (Å²) >= 11 is 16.7. The molecule has 0 aromatic rings. The number of hydrogen-bond acceptors (Lipinski definition) is 2. The number of esters is 1. The number of halogens is 3. The molecule has 0 heterocycles. The molecule has 0 aromatic heterocycles. The van der Waals surface area contributed by atoms with E-state index in [4.69, 9.17) is 39.5 Å². The van der Waals surface area contributed by atoms with Crippen LogP contribution < -0.4 is 0 Å². The minimum absolute atomic E-state index is 0.475. The first-order chi connectivity index (χ1) is 5.88. The average molecular weight is 246 g/mol. The zero-order chi connectivity index (χ0) is 10.5. The van der Waals surface area contributed by atoms with Crippen LogP contribution in [0.25, 0.3) is 0 Å². The summed E-state index contributed by atoms with van der Waals surface area (Å²) in [6.45, 7) is 3.20. The number of alkyl halides is 3. The van der Waals surface area contributed by atoms with E-state index in [2.05, 4.69) is 0 Å². The highest BCUT2D eigenvalue weighted by atomic mass is 35.6. The Kier molecular flexibility index (Phi) is 5.77. The van der Waals surface area contributed by atoms with Crippen molar-refractivity contribution in [1.29, 1.82) is 0 Å².